The first kappa shape index (κ1) is 32.7. The van der Waals surface area contributed by atoms with Gasteiger partial charge in [0.2, 0.25) is 0 Å². The molecular formula is C40H52S2Si4. The highest BCUT2D eigenvalue weighted by atomic mass is 32.1. The van der Waals surface area contributed by atoms with Crippen LogP contribution in [0.2, 0.25) is 52.4 Å². The summed E-state index contributed by atoms with van der Waals surface area (Å²) < 4.78 is 6.35. The lowest BCUT2D eigenvalue weighted by Crippen LogP contribution is -2.69. The largest absolute Gasteiger partial charge is 0.135 e. The standard InChI is InChI=1S/C40H52S2Si4/c1-39(2,3)25-21-29-27-17-15-19-31-35(27)41-37(29)33(23-25)45(11,12)43(7,8)32-20-16-18-28-30-22-26(40(4,5)6)24-34(38(30)42-36(28)32)46(13,14)44(31,9)10/h15-24H,1-14H3. The molecular weight excluding hydrogens is 657 g/mol. The number of thiophene rings is 2. The second-order valence-electron chi connectivity index (χ2n) is 18.4. The lowest BCUT2D eigenvalue weighted by molar-refractivity contribution is 0.591. The Balaban J connectivity index is 1.75. The fourth-order valence-corrected chi connectivity index (χ4v) is 33.0. The lowest BCUT2D eigenvalue weighted by atomic mass is 9.86. The Labute approximate surface area is 288 Å². The minimum Gasteiger partial charge on any atom is -0.135 e. The van der Waals surface area contributed by atoms with Gasteiger partial charge in [0.1, 0.15) is 0 Å². The maximum atomic E-state index is 2.72. The minimum atomic E-state index is -1.99. The first-order valence-electron chi connectivity index (χ1n) is 17.1. The first-order chi connectivity index (χ1) is 21.1. The summed E-state index contributed by atoms with van der Waals surface area (Å²) in [6, 6.07) is 25.3. The van der Waals surface area contributed by atoms with Crippen molar-refractivity contribution in [1.29, 1.82) is 0 Å². The van der Waals surface area contributed by atoms with Gasteiger partial charge in [-0.25, -0.2) is 0 Å². The topological polar surface area (TPSA) is 0 Å². The summed E-state index contributed by atoms with van der Waals surface area (Å²) >= 11 is 4.31. The summed E-state index contributed by atoms with van der Waals surface area (Å²) in [6.45, 7) is 36.2. The average molecular weight is 709 g/mol. The van der Waals surface area contributed by atoms with Crippen molar-refractivity contribution in [3.05, 3.63) is 71.8 Å². The molecule has 240 valence electrons. The van der Waals surface area contributed by atoms with Crippen molar-refractivity contribution in [3.8, 4) is 0 Å². The van der Waals surface area contributed by atoms with Gasteiger partial charge in [0.05, 0.1) is 30.4 Å². The van der Waals surface area contributed by atoms with Crippen LogP contribution in [-0.4, -0.2) is 30.4 Å². The van der Waals surface area contributed by atoms with Crippen LogP contribution in [0.25, 0.3) is 40.3 Å². The molecule has 0 fully saturated rings. The highest BCUT2D eigenvalue weighted by molar-refractivity contribution is 7.54. The molecule has 0 amide bonds. The molecule has 0 unspecified atom stereocenters. The Kier molecular flexibility index (Phi) is 7.03. The van der Waals surface area contributed by atoms with Crippen LogP contribution in [0.4, 0.5) is 0 Å². The predicted molar refractivity (Wildman–Crippen MR) is 225 cm³/mol. The summed E-state index contributed by atoms with van der Waals surface area (Å²) in [5, 5.41) is 12.8. The fraction of sp³-hybridized carbons (Fsp3) is 0.400. The van der Waals surface area contributed by atoms with Crippen molar-refractivity contribution in [2.24, 2.45) is 0 Å². The van der Waals surface area contributed by atoms with Crippen LogP contribution in [0, 0.1) is 0 Å². The normalized spacial score (nSPS) is 18.9. The minimum absolute atomic E-state index is 0.0994. The monoisotopic (exact) mass is 708 g/mol. The van der Waals surface area contributed by atoms with Crippen LogP contribution in [0.1, 0.15) is 52.7 Å². The van der Waals surface area contributed by atoms with E-state index in [0.717, 1.165) is 0 Å². The van der Waals surface area contributed by atoms with E-state index in [1.807, 2.05) is 0 Å². The van der Waals surface area contributed by atoms with E-state index >= 15 is 0 Å². The zero-order chi connectivity index (χ0) is 33.6. The van der Waals surface area contributed by atoms with Crippen molar-refractivity contribution in [2.75, 3.05) is 0 Å². The number of hydrogen-bond acceptors (Lipinski definition) is 2. The van der Waals surface area contributed by atoms with Gasteiger partial charge in [0.25, 0.3) is 0 Å². The molecule has 46 heavy (non-hydrogen) atoms. The second kappa shape index (κ2) is 9.88. The van der Waals surface area contributed by atoms with Gasteiger partial charge < -0.3 is 0 Å². The summed E-state index contributed by atoms with van der Waals surface area (Å²) in [5.41, 5.74) is 3.20. The number of fused-ring (bicyclic) bond motifs is 2. The van der Waals surface area contributed by atoms with Crippen molar-refractivity contribution in [1.82, 2.24) is 0 Å². The molecule has 0 saturated carbocycles. The van der Waals surface area contributed by atoms with Crippen LogP contribution in [-0.2, 0) is 10.8 Å². The van der Waals surface area contributed by atoms with Crippen molar-refractivity contribution < 1.29 is 0 Å². The molecule has 0 N–H and O–H groups in total. The number of rotatable bonds is 0. The highest BCUT2D eigenvalue weighted by Gasteiger charge is 2.49. The predicted octanol–water partition coefficient (Wildman–Crippen LogP) is 10.5. The van der Waals surface area contributed by atoms with Gasteiger partial charge in [0, 0.05) is 40.3 Å². The quantitative estimate of drug-likeness (QED) is 0.138. The third-order valence-corrected chi connectivity index (χ3v) is 51.3. The van der Waals surface area contributed by atoms with Crippen LogP contribution >= 0.6 is 22.7 Å². The zero-order valence-corrected chi connectivity index (χ0v) is 36.2. The van der Waals surface area contributed by atoms with E-state index in [9.17, 15) is 0 Å². The Morgan fingerprint density at radius 1 is 0.391 bits per heavy atom. The zero-order valence-electron chi connectivity index (χ0n) is 30.6. The molecule has 0 nitrogen and oxygen atoms in total. The van der Waals surface area contributed by atoms with Gasteiger partial charge in [-0.2, -0.15) is 0 Å². The maximum absolute atomic E-state index is 2.72. The Hall–Kier alpha value is -1.81. The van der Waals surface area contributed by atoms with Gasteiger partial charge in [-0.05, 0) is 54.8 Å². The van der Waals surface area contributed by atoms with Crippen LogP contribution in [0.5, 0.6) is 0 Å². The molecule has 6 aromatic rings. The smallest absolute Gasteiger partial charge is 0.0811 e. The molecule has 4 bridgehead atoms. The fourth-order valence-electron chi connectivity index (χ4n) is 7.93. The van der Waals surface area contributed by atoms with E-state index in [0.29, 0.717) is 0 Å². The van der Waals surface area contributed by atoms with Gasteiger partial charge in [-0.1, -0.05) is 142 Å². The van der Waals surface area contributed by atoms with E-state index in [2.05, 4.69) is 177 Å². The van der Waals surface area contributed by atoms with E-state index in [1.54, 1.807) is 39.5 Å². The van der Waals surface area contributed by atoms with E-state index in [1.165, 1.54) is 32.7 Å². The molecule has 0 aliphatic carbocycles. The van der Waals surface area contributed by atoms with Gasteiger partial charge in [-0.15, -0.1) is 22.7 Å². The molecule has 0 radical (unpaired) electrons. The van der Waals surface area contributed by atoms with Crippen LogP contribution in [0.3, 0.4) is 0 Å². The first-order valence-corrected chi connectivity index (χ1v) is 32.7. The van der Waals surface area contributed by atoms with Gasteiger partial charge >= 0.3 is 0 Å². The molecule has 0 saturated heterocycles. The lowest BCUT2D eigenvalue weighted by Gasteiger charge is -2.41. The van der Waals surface area contributed by atoms with E-state index in [-0.39, 0.29) is 10.8 Å². The summed E-state index contributed by atoms with van der Waals surface area (Å²) in [6.07, 6.45) is 0. The third kappa shape index (κ3) is 4.36. The summed E-state index contributed by atoms with van der Waals surface area (Å²) in [7, 11) is -7.94. The SMILES string of the molecule is CC(C)(C)c1cc2c3sc4c(cccc4c3c1)[Si](C)(C)[Si](C)(C)c1cc(C(C)(C)C)cc3c1sc1c(cccc13)[Si](C)(C)[Si]2(C)C. The molecule has 2 aromatic heterocycles. The molecule has 6 heteroatoms. The van der Waals surface area contributed by atoms with Crippen molar-refractivity contribution in [2.45, 2.75) is 105 Å². The average Bonchev–Trinajstić information content (AvgIpc) is 3.52. The molecule has 0 atom stereocenters. The molecule has 3 heterocycles. The second-order valence-corrected chi connectivity index (χ2v) is 50.6. The molecule has 1 aliphatic heterocycles. The Morgan fingerprint density at radius 2 is 0.696 bits per heavy atom. The molecule has 7 rings (SSSR count). The molecule has 0 spiro atoms. The van der Waals surface area contributed by atoms with Crippen molar-refractivity contribution >= 4 is 114 Å². The summed E-state index contributed by atoms with van der Waals surface area (Å²) in [5.74, 6) is 0. The Bertz CT molecular complexity index is 2070. The van der Waals surface area contributed by atoms with Crippen LogP contribution < -0.4 is 20.7 Å². The molecule has 1 aliphatic rings. The van der Waals surface area contributed by atoms with Gasteiger partial charge in [0.15, 0.2) is 0 Å². The van der Waals surface area contributed by atoms with E-state index in [4.69, 9.17) is 0 Å². The summed E-state index contributed by atoms with van der Waals surface area (Å²) in [4.78, 5) is 0. The number of hydrogen-bond donors (Lipinski definition) is 0. The van der Waals surface area contributed by atoms with E-state index < -0.39 is 30.4 Å². The number of benzene rings is 4. The maximum Gasteiger partial charge on any atom is 0.0811 e. The third-order valence-electron chi connectivity index (χ3n) is 12.7. The highest BCUT2D eigenvalue weighted by Crippen LogP contribution is 2.42. The van der Waals surface area contributed by atoms with Crippen molar-refractivity contribution in [3.63, 3.8) is 0 Å². The van der Waals surface area contributed by atoms with Gasteiger partial charge in [-0.3, -0.25) is 0 Å². The Morgan fingerprint density at radius 3 is 1.02 bits per heavy atom. The van der Waals surface area contributed by atoms with Crippen LogP contribution in [0.15, 0.2) is 60.7 Å². The molecule has 4 aromatic carbocycles.